The predicted octanol–water partition coefficient (Wildman–Crippen LogP) is 8.77. The topological polar surface area (TPSA) is 52.6 Å². The second-order valence-corrected chi connectivity index (χ2v) is 19.0. The van der Waals surface area contributed by atoms with Gasteiger partial charge in [-0.25, -0.2) is 0 Å². The molecule has 4 nitrogen and oxygen atoms in total. The van der Waals surface area contributed by atoms with Gasteiger partial charge in [0.05, 0.1) is 10.8 Å². The minimum atomic E-state index is -1.18. The third-order valence-corrected chi connectivity index (χ3v) is 13.4. The van der Waals surface area contributed by atoms with E-state index in [0.717, 1.165) is 43.0 Å². The summed E-state index contributed by atoms with van der Waals surface area (Å²) in [5.74, 6) is 0.143. The van der Waals surface area contributed by atoms with Crippen molar-refractivity contribution in [3.8, 4) is 22.6 Å². The molecule has 0 radical (unpaired) electrons. The second kappa shape index (κ2) is 15.8. The molecule has 0 heterocycles. The molecule has 0 saturated carbocycles. The van der Waals surface area contributed by atoms with Crippen molar-refractivity contribution in [2.45, 2.75) is 41.5 Å². The van der Waals surface area contributed by atoms with Crippen LogP contribution >= 0.6 is 15.8 Å². The molecule has 52 heavy (non-hydrogen) atoms. The molecule has 6 heteroatoms. The van der Waals surface area contributed by atoms with Crippen LogP contribution in [0, 0.1) is 10.8 Å². The fraction of sp³-hybridized carbons (Fsp3) is 0.174. The number of carbonyl (C=O) groups excluding carboxylic acids is 2. The summed E-state index contributed by atoms with van der Waals surface area (Å²) >= 11 is 0. The van der Waals surface area contributed by atoms with Gasteiger partial charge in [-0.3, -0.25) is 9.59 Å². The van der Waals surface area contributed by atoms with Crippen LogP contribution in [0.15, 0.2) is 158 Å². The van der Waals surface area contributed by atoms with E-state index in [2.05, 4.69) is 109 Å². The Hall–Kier alpha value is -4.88. The molecule has 0 aliphatic heterocycles. The summed E-state index contributed by atoms with van der Waals surface area (Å²) in [5.41, 5.74) is -0.0480. The molecule has 0 aliphatic rings. The van der Waals surface area contributed by atoms with Gasteiger partial charge in [0.15, 0.2) is 0 Å². The van der Waals surface area contributed by atoms with E-state index in [1.54, 1.807) is 0 Å². The molecule has 6 aromatic carbocycles. The van der Waals surface area contributed by atoms with E-state index in [1.807, 2.05) is 90.1 Å². The van der Waals surface area contributed by atoms with Gasteiger partial charge in [0.2, 0.25) is 0 Å². The van der Waals surface area contributed by atoms with E-state index >= 15 is 0 Å². The van der Waals surface area contributed by atoms with Crippen molar-refractivity contribution < 1.29 is 19.1 Å². The summed E-state index contributed by atoms with van der Waals surface area (Å²) in [6.07, 6.45) is 0. The normalized spacial score (nSPS) is 11.8. The highest BCUT2D eigenvalue weighted by atomic mass is 31.1. The van der Waals surface area contributed by atoms with Crippen LogP contribution in [0.2, 0.25) is 0 Å². The molecule has 262 valence electrons. The maximum absolute atomic E-state index is 13.8. The van der Waals surface area contributed by atoms with Gasteiger partial charge in [0, 0.05) is 11.1 Å². The van der Waals surface area contributed by atoms with Crippen LogP contribution < -0.4 is 41.3 Å². The molecule has 0 atom stereocenters. The van der Waals surface area contributed by atoms with Crippen LogP contribution in [-0.4, -0.2) is 11.9 Å². The monoisotopic (exact) mass is 722 g/mol. The molecular weight excluding hydrogens is 678 g/mol. The summed E-state index contributed by atoms with van der Waals surface area (Å²) in [6, 6.07) is 53.8. The van der Waals surface area contributed by atoms with Crippen molar-refractivity contribution in [3.05, 3.63) is 158 Å². The zero-order valence-electron chi connectivity index (χ0n) is 30.5. The van der Waals surface area contributed by atoms with Crippen LogP contribution in [0.4, 0.5) is 0 Å². The van der Waals surface area contributed by atoms with E-state index < -0.39 is 26.7 Å². The van der Waals surface area contributed by atoms with Crippen LogP contribution in [0.1, 0.15) is 41.5 Å². The molecule has 6 aromatic rings. The first-order valence-electron chi connectivity index (χ1n) is 17.4. The summed E-state index contributed by atoms with van der Waals surface area (Å²) in [6.45, 7) is 11.1. The van der Waals surface area contributed by atoms with Gasteiger partial charge in [-0.05, 0) is 101 Å². The smallest absolute Gasteiger partial charge is 0.316 e. The fourth-order valence-electron chi connectivity index (χ4n) is 5.75. The summed E-state index contributed by atoms with van der Waals surface area (Å²) in [5, 5.41) is 6.55. The lowest BCUT2D eigenvalue weighted by Crippen LogP contribution is -2.30. The zero-order chi connectivity index (χ0) is 36.9. The lowest BCUT2D eigenvalue weighted by molar-refractivity contribution is -0.143. The Bertz CT molecular complexity index is 1900. The summed E-state index contributed by atoms with van der Waals surface area (Å²) in [7, 11) is -2.36. The van der Waals surface area contributed by atoms with Gasteiger partial charge in [0.25, 0.3) is 0 Å². The molecule has 0 amide bonds. The second-order valence-electron chi connectivity index (χ2n) is 14.6. The largest absolute Gasteiger partial charge is 0.425 e. The van der Waals surface area contributed by atoms with Crippen LogP contribution in [-0.2, 0) is 9.59 Å². The zero-order valence-corrected chi connectivity index (χ0v) is 32.3. The Kier molecular flexibility index (Phi) is 11.2. The van der Waals surface area contributed by atoms with E-state index in [1.165, 1.54) is 0 Å². The van der Waals surface area contributed by atoms with E-state index in [4.69, 9.17) is 9.47 Å². The molecule has 0 spiro atoms. The first-order valence-corrected chi connectivity index (χ1v) is 20.1. The molecule has 0 unspecified atom stereocenters. The van der Waals surface area contributed by atoms with E-state index in [-0.39, 0.29) is 11.9 Å². The number of hydrogen-bond donors (Lipinski definition) is 0. The molecule has 0 fully saturated rings. The molecule has 0 aromatic heterocycles. The lowest BCUT2D eigenvalue weighted by Gasteiger charge is -2.29. The Morgan fingerprint density at radius 1 is 0.385 bits per heavy atom. The third-order valence-electron chi connectivity index (χ3n) is 8.43. The average molecular weight is 723 g/mol. The van der Waals surface area contributed by atoms with E-state index in [9.17, 15) is 9.59 Å². The van der Waals surface area contributed by atoms with Gasteiger partial charge in [-0.1, -0.05) is 146 Å². The number of esters is 2. The quantitative estimate of drug-likeness (QED) is 0.0851. The van der Waals surface area contributed by atoms with Crippen LogP contribution in [0.5, 0.6) is 11.5 Å². The van der Waals surface area contributed by atoms with Gasteiger partial charge < -0.3 is 9.47 Å². The number of carbonyl (C=O) groups is 2. The number of benzene rings is 6. The fourth-order valence-corrected chi connectivity index (χ4v) is 10.7. The number of ether oxygens (including phenoxy) is 2. The average Bonchev–Trinajstić information content (AvgIpc) is 3.13. The van der Waals surface area contributed by atoms with Crippen molar-refractivity contribution in [2.75, 3.05) is 0 Å². The lowest BCUT2D eigenvalue weighted by atomic mass is 9.96. The van der Waals surface area contributed by atoms with Gasteiger partial charge in [0.1, 0.15) is 11.5 Å². The molecule has 0 N–H and O–H groups in total. The van der Waals surface area contributed by atoms with Gasteiger partial charge >= 0.3 is 11.9 Å². The maximum atomic E-state index is 13.8. The van der Waals surface area contributed by atoms with E-state index in [0.29, 0.717) is 11.5 Å². The van der Waals surface area contributed by atoms with Crippen molar-refractivity contribution in [2.24, 2.45) is 10.8 Å². The minimum Gasteiger partial charge on any atom is -0.425 e. The third kappa shape index (κ3) is 8.26. The first kappa shape index (κ1) is 36.9. The Morgan fingerprint density at radius 2 is 0.654 bits per heavy atom. The van der Waals surface area contributed by atoms with Gasteiger partial charge in [-0.15, -0.1) is 0 Å². The van der Waals surface area contributed by atoms with Gasteiger partial charge in [-0.2, -0.15) is 0 Å². The molecule has 0 aliphatic carbocycles. The highest BCUT2D eigenvalue weighted by Crippen LogP contribution is 2.47. The predicted molar refractivity (Wildman–Crippen MR) is 219 cm³/mol. The SMILES string of the molecule is CC(C)(C)C(=O)Oc1cccc(P(c2ccccc2)c2ccccc2)c1-c1c(OC(=O)C(C)(C)C)cccc1P(c1ccccc1)c1ccccc1. The highest BCUT2D eigenvalue weighted by Gasteiger charge is 2.33. The maximum Gasteiger partial charge on any atom is 0.316 e. The van der Waals surface area contributed by atoms with Crippen LogP contribution in [0.3, 0.4) is 0 Å². The number of hydrogen-bond acceptors (Lipinski definition) is 4. The Balaban J connectivity index is 1.76. The molecular formula is C46H44O4P2. The first-order chi connectivity index (χ1) is 24.9. The molecule has 0 saturated heterocycles. The van der Waals surface area contributed by atoms with Crippen molar-refractivity contribution >= 4 is 59.6 Å². The Morgan fingerprint density at radius 3 is 0.904 bits per heavy atom. The highest BCUT2D eigenvalue weighted by molar-refractivity contribution is 7.80. The van der Waals surface area contributed by atoms with Crippen molar-refractivity contribution in [1.82, 2.24) is 0 Å². The Labute approximate surface area is 310 Å². The van der Waals surface area contributed by atoms with Crippen LogP contribution in [0.25, 0.3) is 11.1 Å². The molecule has 0 bridgehead atoms. The van der Waals surface area contributed by atoms with Crippen molar-refractivity contribution in [1.29, 1.82) is 0 Å². The van der Waals surface area contributed by atoms with Crippen molar-refractivity contribution in [3.63, 3.8) is 0 Å². The summed E-state index contributed by atoms with van der Waals surface area (Å²) in [4.78, 5) is 27.6. The minimum absolute atomic E-state index is 0.353. The number of rotatable bonds is 9. The summed E-state index contributed by atoms with van der Waals surface area (Å²) < 4.78 is 12.9. The standard InChI is InChI=1S/C46H44O4P2/c1-45(2,3)43(47)49-37-29-19-31-39(51(33-21-11-7-12-22-33)34-23-13-8-14-24-34)41(37)42-38(50-44(48)46(4,5)6)30-20-32-40(42)52(35-25-15-9-16-26-35)36-27-17-10-18-28-36/h7-32H,1-6H3. The molecule has 6 rings (SSSR count).